The van der Waals surface area contributed by atoms with Crippen LogP contribution < -0.4 is 10.4 Å². The summed E-state index contributed by atoms with van der Waals surface area (Å²) in [5.41, 5.74) is 0. The zero-order valence-electron chi connectivity index (χ0n) is 21.8. The summed E-state index contributed by atoms with van der Waals surface area (Å²) in [7, 11) is -10.1. The van der Waals surface area contributed by atoms with Crippen LogP contribution in [0.25, 0.3) is 0 Å². The average molecular weight is 559 g/mol. The first-order chi connectivity index (χ1) is 16.7. The molecule has 0 aliphatic heterocycles. The van der Waals surface area contributed by atoms with E-state index in [9.17, 15) is 16.8 Å². The molecule has 0 bridgehead atoms. The molecule has 0 heterocycles. The zero-order chi connectivity index (χ0) is 27.0. The summed E-state index contributed by atoms with van der Waals surface area (Å²) in [5, 5.41) is 1.94. The topological polar surface area (TPSA) is 105 Å². The summed E-state index contributed by atoms with van der Waals surface area (Å²) in [6.45, 7) is 8.30. The van der Waals surface area contributed by atoms with Gasteiger partial charge in [0.1, 0.15) is 0 Å². The van der Waals surface area contributed by atoms with Crippen molar-refractivity contribution in [1.82, 2.24) is 0 Å². The smallest absolute Gasteiger partial charge is 0.264 e. The van der Waals surface area contributed by atoms with Gasteiger partial charge in [0.05, 0.1) is 38.4 Å². The van der Waals surface area contributed by atoms with Crippen LogP contribution in [0.15, 0.2) is 60.7 Å². The molecule has 0 aliphatic rings. The summed E-state index contributed by atoms with van der Waals surface area (Å²) >= 11 is 0. The molecule has 202 valence electrons. The Morgan fingerprint density at radius 3 is 1.69 bits per heavy atom. The molecule has 0 amide bonds. The van der Waals surface area contributed by atoms with Gasteiger partial charge in [-0.2, -0.15) is 16.8 Å². The minimum atomic E-state index is -3.71. The Kier molecular flexibility index (Phi) is 10.9. The first kappa shape index (κ1) is 30.6. The molecule has 36 heavy (non-hydrogen) atoms. The lowest BCUT2D eigenvalue weighted by atomic mass is 10.1. The molecule has 0 saturated heterocycles. The molecule has 2 rings (SSSR count). The van der Waals surface area contributed by atoms with Crippen LogP contribution in [0.4, 0.5) is 0 Å². The highest BCUT2D eigenvalue weighted by Gasteiger charge is 2.50. The van der Waals surface area contributed by atoms with E-state index in [1.807, 2.05) is 36.4 Å². The van der Waals surface area contributed by atoms with Gasteiger partial charge in [-0.25, -0.2) is 0 Å². The first-order valence-corrected chi connectivity index (χ1v) is 17.3. The van der Waals surface area contributed by atoms with Gasteiger partial charge in [0.2, 0.25) is 0 Å². The van der Waals surface area contributed by atoms with Gasteiger partial charge >= 0.3 is 0 Å². The number of benzene rings is 2. The monoisotopic (exact) mass is 558 g/mol. The van der Waals surface area contributed by atoms with Gasteiger partial charge in [-0.1, -0.05) is 81.4 Å². The van der Waals surface area contributed by atoms with E-state index in [2.05, 4.69) is 45.0 Å². The second kappa shape index (κ2) is 12.8. The molecule has 0 aliphatic carbocycles. The van der Waals surface area contributed by atoms with E-state index in [0.717, 1.165) is 22.9 Å². The highest BCUT2D eigenvalue weighted by molar-refractivity contribution is 7.86. The van der Waals surface area contributed by atoms with Crippen LogP contribution in [-0.2, 0) is 37.8 Å². The molecule has 2 atom stereocenters. The van der Waals surface area contributed by atoms with E-state index in [1.54, 1.807) is 6.92 Å². The van der Waals surface area contributed by atoms with E-state index < -0.39 is 40.6 Å². The molecular weight excluding hydrogens is 520 g/mol. The number of hydrogen-bond donors (Lipinski definition) is 0. The molecule has 2 unspecified atom stereocenters. The summed E-state index contributed by atoms with van der Waals surface area (Å²) in [5.74, 6) is -0.445. The molecular formula is C25H38O8S2Si. The van der Waals surface area contributed by atoms with Crippen molar-refractivity contribution in [2.75, 3.05) is 38.9 Å². The van der Waals surface area contributed by atoms with Crippen LogP contribution in [0.5, 0.6) is 0 Å². The minimum Gasteiger partial charge on any atom is -0.407 e. The first-order valence-electron chi connectivity index (χ1n) is 11.7. The minimum absolute atomic E-state index is 0.0222. The van der Waals surface area contributed by atoms with E-state index >= 15 is 0 Å². The molecule has 0 N–H and O–H groups in total. The number of hydrogen-bond acceptors (Lipinski definition) is 8. The third-order valence-corrected chi connectivity index (χ3v) is 12.0. The Morgan fingerprint density at radius 1 is 0.778 bits per heavy atom. The SMILES string of the molecule is CC(OS(C)(=O)=O)C(COCCOS(C)(=O)=O)CO[Si](c1ccccc1)(c1ccccc1)C(C)(C)C. The van der Waals surface area contributed by atoms with E-state index in [-0.39, 0.29) is 31.5 Å². The standard InChI is InChI=1S/C25H38O8S2Si/c1-21(33-35(6,28)29)22(19-30-17-18-31-34(5,26)27)20-32-36(25(2,3)4,23-13-9-7-10-14-23)24-15-11-8-12-16-24/h7-16,21-22H,17-20H2,1-6H3. The van der Waals surface area contributed by atoms with Crippen molar-refractivity contribution in [2.24, 2.45) is 5.92 Å². The Bertz CT molecular complexity index is 1110. The Morgan fingerprint density at radius 2 is 1.28 bits per heavy atom. The fraction of sp³-hybridized carbons (Fsp3) is 0.520. The van der Waals surface area contributed by atoms with Crippen molar-refractivity contribution in [2.45, 2.75) is 38.8 Å². The predicted molar refractivity (Wildman–Crippen MR) is 144 cm³/mol. The van der Waals surface area contributed by atoms with Crippen LogP contribution in [0.2, 0.25) is 5.04 Å². The maximum Gasteiger partial charge on any atom is 0.264 e. The Hall–Kier alpha value is -1.60. The quantitative estimate of drug-likeness (QED) is 0.198. The fourth-order valence-electron chi connectivity index (χ4n) is 4.15. The second-order valence-corrected chi connectivity index (χ2v) is 17.4. The molecule has 2 aromatic carbocycles. The average Bonchev–Trinajstić information content (AvgIpc) is 2.76. The molecule has 0 spiro atoms. The van der Waals surface area contributed by atoms with Gasteiger partial charge in [-0.15, -0.1) is 0 Å². The largest absolute Gasteiger partial charge is 0.407 e. The van der Waals surface area contributed by atoms with E-state index in [0.29, 0.717) is 0 Å². The van der Waals surface area contributed by atoms with Crippen molar-refractivity contribution < 1.29 is 34.4 Å². The number of ether oxygens (including phenoxy) is 1. The lowest BCUT2D eigenvalue weighted by molar-refractivity contribution is 0.0164. The van der Waals surface area contributed by atoms with Crippen LogP contribution in [0, 0.1) is 5.92 Å². The normalized spacial score (nSPS) is 14.9. The van der Waals surface area contributed by atoms with Crippen molar-refractivity contribution in [3.8, 4) is 0 Å². The maximum atomic E-state index is 11.9. The van der Waals surface area contributed by atoms with Gasteiger partial charge in [0, 0.05) is 12.5 Å². The molecule has 0 saturated carbocycles. The summed E-state index contributed by atoms with van der Waals surface area (Å²) in [6.07, 6.45) is 1.24. The summed E-state index contributed by atoms with van der Waals surface area (Å²) in [6, 6.07) is 20.2. The van der Waals surface area contributed by atoms with Crippen molar-refractivity contribution in [1.29, 1.82) is 0 Å². The van der Waals surface area contributed by atoms with Gasteiger partial charge in [0.25, 0.3) is 28.6 Å². The summed E-state index contributed by atoms with van der Waals surface area (Å²) in [4.78, 5) is 0. The molecule has 0 fully saturated rings. The molecule has 8 nitrogen and oxygen atoms in total. The Labute approximate surface area is 217 Å². The van der Waals surface area contributed by atoms with Crippen LogP contribution in [0.1, 0.15) is 27.7 Å². The fourth-order valence-corrected chi connectivity index (χ4v) is 9.84. The predicted octanol–water partition coefficient (Wildman–Crippen LogP) is 2.54. The van der Waals surface area contributed by atoms with Gasteiger partial charge in [0.15, 0.2) is 0 Å². The highest BCUT2D eigenvalue weighted by Crippen LogP contribution is 2.37. The van der Waals surface area contributed by atoms with Crippen molar-refractivity contribution in [3.63, 3.8) is 0 Å². The van der Waals surface area contributed by atoms with Gasteiger partial charge in [-0.05, 0) is 22.3 Å². The lowest BCUT2D eigenvalue weighted by Gasteiger charge is -2.44. The second-order valence-electron chi connectivity index (χ2n) is 9.84. The van der Waals surface area contributed by atoms with E-state index in [1.165, 1.54) is 0 Å². The molecule has 0 aromatic heterocycles. The molecule has 11 heteroatoms. The molecule has 0 radical (unpaired) electrons. The Balaban J connectivity index is 2.37. The van der Waals surface area contributed by atoms with Crippen LogP contribution in [0.3, 0.4) is 0 Å². The number of rotatable bonds is 14. The molecule has 2 aromatic rings. The van der Waals surface area contributed by atoms with Crippen LogP contribution >= 0.6 is 0 Å². The third kappa shape index (κ3) is 9.05. The lowest BCUT2D eigenvalue weighted by Crippen LogP contribution is -2.67. The van der Waals surface area contributed by atoms with Gasteiger partial charge in [-0.3, -0.25) is 8.37 Å². The van der Waals surface area contributed by atoms with Crippen molar-refractivity contribution in [3.05, 3.63) is 60.7 Å². The maximum absolute atomic E-state index is 11.9. The van der Waals surface area contributed by atoms with Crippen molar-refractivity contribution >= 4 is 38.9 Å². The highest BCUT2D eigenvalue weighted by atomic mass is 32.2. The third-order valence-electron chi connectivity index (χ3n) is 5.78. The van der Waals surface area contributed by atoms with Crippen LogP contribution in [-0.4, -0.2) is 70.2 Å². The van der Waals surface area contributed by atoms with E-state index in [4.69, 9.17) is 17.5 Å². The summed E-state index contributed by atoms with van der Waals surface area (Å²) < 4.78 is 68.7. The zero-order valence-corrected chi connectivity index (χ0v) is 24.5. The van der Waals surface area contributed by atoms with Gasteiger partial charge < -0.3 is 9.16 Å².